The number of alkyl halides is 2. The molecule has 1 amide bonds. The van der Waals surface area contributed by atoms with Crippen LogP contribution >= 0.6 is 0 Å². The van der Waals surface area contributed by atoms with Crippen molar-refractivity contribution in [1.82, 2.24) is 9.97 Å². The van der Waals surface area contributed by atoms with Crippen LogP contribution in [-0.2, 0) is 10.0 Å². The van der Waals surface area contributed by atoms with Gasteiger partial charge in [0.2, 0.25) is 16.0 Å². The van der Waals surface area contributed by atoms with Crippen molar-refractivity contribution < 1.29 is 27.1 Å². The van der Waals surface area contributed by atoms with E-state index >= 15 is 0 Å². The maximum absolute atomic E-state index is 14.8. The smallest absolute Gasteiger partial charge is 0.258 e. The summed E-state index contributed by atoms with van der Waals surface area (Å²) in [6.45, 7) is 1.76. The van der Waals surface area contributed by atoms with Gasteiger partial charge >= 0.3 is 0 Å². The molecular weight excluding hydrogens is 494 g/mol. The zero-order valence-electron chi connectivity index (χ0n) is 19.9. The average Bonchev–Trinajstić information content (AvgIpc) is 2.78. The van der Waals surface area contributed by atoms with Gasteiger partial charge in [0.25, 0.3) is 11.8 Å². The lowest BCUT2D eigenvalue weighted by Gasteiger charge is -2.40. The fourth-order valence-electron chi connectivity index (χ4n) is 4.51. The van der Waals surface area contributed by atoms with Gasteiger partial charge in [-0.15, -0.1) is 0 Å². The van der Waals surface area contributed by atoms with Crippen LogP contribution in [0.3, 0.4) is 0 Å². The third-order valence-electron chi connectivity index (χ3n) is 6.33. The molecule has 13 heteroatoms. The predicted octanol–water partition coefficient (Wildman–Crippen LogP) is 2.83. The molecule has 1 aromatic carbocycles. The van der Waals surface area contributed by atoms with Crippen molar-refractivity contribution in [2.45, 2.75) is 38.5 Å². The topological polar surface area (TPSA) is 137 Å². The molecular formula is C23H30F2N6O4S. The van der Waals surface area contributed by atoms with Crippen molar-refractivity contribution in [1.29, 1.82) is 0 Å². The number of fused-ring (bicyclic) bond motifs is 6. The SMILES string of the molecule is Cc1cc2nc(n1)NCCCC[C@H]1CN(CCC1(F)F)c1cc(NS(=O)(=O)CCO)ccc1C(=O)N2. The van der Waals surface area contributed by atoms with Crippen LogP contribution in [0.4, 0.5) is 31.9 Å². The molecule has 4 N–H and O–H groups in total. The highest BCUT2D eigenvalue weighted by Gasteiger charge is 2.44. The van der Waals surface area contributed by atoms with Gasteiger partial charge in [-0.2, -0.15) is 4.98 Å². The number of anilines is 4. The van der Waals surface area contributed by atoms with Crippen LogP contribution < -0.4 is 20.3 Å². The van der Waals surface area contributed by atoms with E-state index in [1.165, 1.54) is 18.2 Å². The second-order valence-corrected chi connectivity index (χ2v) is 11.0. The van der Waals surface area contributed by atoms with Crippen molar-refractivity contribution in [2.24, 2.45) is 5.92 Å². The Morgan fingerprint density at radius 2 is 2.06 bits per heavy atom. The van der Waals surface area contributed by atoms with Crippen molar-refractivity contribution in [3.8, 4) is 0 Å². The molecule has 1 atom stereocenters. The Hall–Kier alpha value is -3.06. The van der Waals surface area contributed by atoms with Gasteiger partial charge in [0.1, 0.15) is 5.82 Å². The average molecular weight is 525 g/mol. The van der Waals surface area contributed by atoms with Crippen LogP contribution in [0.25, 0.3) is 0 Å². The molecule has 0 radical (unpaired) electrons. The van der Waals surface area contributed by atoms with E-state index in [4.69, 9.17) is 5.11 Å². The van der Waals surface area contributed by atoms with E-state index in [-0.39, 0.29) is 36.6 Å². The number of halogens is 2. The fourth-order valence-corrected chi connectivity index (χ4v) is 5.34. The van der Waals surface area contributed by atoms with Gasteiger partial charge in [-0.1, -0.05) is 6.42 Å². The summed E-state index contributed by atoms with van der Waals surface area (Å²) in [7, 11) is -3.82. The summed E-state index contributed by atoms with van der Waals surface area (Å²) in [5, 5.41) is 14.9. The monoisotopic (exact) mass is 524 g/mol. The Labute approximate surface area is 208 Å². The van der Waals surface area contributed by atoms with Gasteiger partial charge < -0.3 is 20.6 Å². The third kappa shape index (κ3) is 6.19. The molecule has 1 fully saturated rings. The van der Waals surface area contributed by atoms with E-state index in [9.17, 15) is 22.0 Å². The van der Waals surface area contributed by atoms with Gasteiger partial charge in [0.05, 0.1) is 29.3 Å². The Bertz CT molecular complexity index is 1230. The Morgan fingerprint density at radius 1 is 1.25 bits per heavy atom. The van der Waals surface area contributed by atoms with Crippen molar-refractivity contribution in [3.05, 3.63) is 35.5 Å². The number of aromatic nitrogens is 2. The molecule has 4 rings (SSSR count). The minimum absolute atomic E-state index is 0.00887. The van der Waals surface area contributed by atoms with Crippen LogP contribution in [0.1, 0.15) is 41.7 Å². The second kappa shape index (κ2) is 10.5. The fraction of sp³-hybridized carbons (Fsp3) is 0.522. The van der Waals surface area contributed by atoms with Gasteiger partial charge in [0.15, 0.2) is 0 Å². The van der Waals surface area contributed by atoms with Gasteiger partial charge in [-0.05, 0) is 38.0 Å². The quantitative estimate of drug-likeness (QED) is 0.479. The summed E-state index contributed by atoms with van der Waals surface area (Å²) in [6.07, 6.45) is 1.15. The molecule has 2 aliphatic rings. The number of aliphatic hydroxyl groups excluding tert-OH is 1. The number of hydrogen-bond donors (Lipinski definition) is 4. The molecule has 2 aromatic rings. The molecule has 3 heterocycles. The number of nitrogens with zero attached hydrogens (tertiary/aromatic N) is 3. The summed E-state index contributed by atoms with van der Waals surface area (Å²) in [5.41, 5.74) is 1.35. The molecule has 0 unspecified atom stereocenters. The maximum Gasteiger partial charge on any atom is 0.258 e. The lowest BCUT2D eigenvalue weighted by Crippen LogP contribution is -2.47. The number of carbonyl (C=O) groups is 1. The number of piperidine rings is 1. The molecule has 0 spiro atoms. The van der Waals surface area contributed by atoms with Crippen molar-refractivity contribution in [3.63, 3.8) is 0 Å². The molecule has 4 bridgehead atoms. The summed E-state index contributed by atoms with van der Waals surface area (Å²) in [5.74, 6) is -4.14. The number of benzene rings is 1. The first kappa shape index (κ1) is 26.0. The number of rotatable bonds is 4. The number of aliphatic hydroxyl groups is 1. The molecule has 0 aliphatic carbocycles. The zero-order chi connectivity index (χ0) is 25.9. The highest BCUT2D eigenvalue weighted by atomic mass is 32.2. The van der Waals surface area contributed by atoms with Crippen molar-refractivity contribution in [2.75, 3.05) is 52.2 Å². The second-order valence-electron chi connectivity index (χ2n) is 9.13. The van der Waals surface area contributed by atoms with Gasteiger partial charge in [-0.25, -0.2) is 22.2 Å². The Balaban J connectivity index is 1.75. The normalized spacial score (nSPS) is 20.3. The Kier molecular flexibility index (Phi) is 7.59. The summed E-state index contributed by atoms with van der Waals surface area (Å²) in [6, 6.07) is 5.97. The van der Waals surface area contributed by atoms with E-state index in [2.05, 4.69) is 25.3 Å². The number of carbonyl (C=O) groups excluding carboxylic acids is 1. The molecule has 1 aromatic heterocycles. The van der Waals surface area contributed by atoms with Gasteiger partial charge in [0, 0.05) is 43.7 Å². The van der Waals surface area contributed by atoms with Crippen molar-refractivity contribution >= 4 is 39.1 Å². The maximum atomic E-state index is 14.8. The summed E-state index contributed by atoms with van der Waals surface area (Å²) in [4.78, 5) is 23.7. The largest absolute Gasteiger partial charge is 0.395 e. The third-order valence-corrected chi connectivity index (χ3v) is 7.59. The standard InChI is InChI=1S/C23H30F2N6O4S/c1-15-12-20-28-21(33)18-6-5-17(30-36(34,35)11-10-32)13-19(18)31-9-7-23(24,25)16(14-31)4-2-3-8-26-22(27-15)29-20/h5-6,12-13,16,30,32H,2-4,7-11,14H2,1H3,(H2,26,27,28,29,33)/t16-/m0/s1. The minimum Gasteiger partial charge on any atom is -0.395 e. The lowest BCUT2D eigenvalue weighted by atomic mass is 9.88. The number of aryl methyl sites for hydroxylation is 1. The van der Waals surface area contributed by atoms with E-state index in [0.29, 0.717) is 43.1 Å². The number of nitrogens with one attached hydrogen (secondary N) is 3. The first-order valence-electron chi connectivity index (χ1n) is 11.9. The van der Waals surface area contributed by atoms with E-state index in [1.807, 2.05) is 0 Å². The van der Waals surface area contributed by atoms with Gasteiger partial charge in [-0.3, -0.25) is 9.52 Å². The lowest BCUT2D eigenvalue weighted by molar-refractivity contribution is -0.0753. The highest BCUT2D eigenvalue weighted by molar-refractivity contribution is 7.92. The zero-order valence-corrected chi connectivity index (χ0v) is 20.7. The Morgan fingerprint density at radius 3 is 2.83 bits per heavy atom. The predicted molar refractivity (Wildman–Crippen MR) is 133 cm³/mol. The van der Waals surface area contributed by atoms with E-state index in [0.717, 1.165) is 0 Å². The number of sulfonamides is 1. The molecule has 10 nitrogen and oxygen atoms in total. The molecule has 1 saturated heterocycles. The molecule has 196 valence electrons. The summed E-state index contributed by atoms with van der Waals surface area (Å²) < 4.78 is 56.3. The van der Waals surface area contributed by atoms with E-state index in [1.54, 1.807) is 17.9 Å². The van der Waals surface area contributed by atoms with E-state index < -0.39 is 40.1 Å². The van der Waals surface area contributed by atoms with Crippen LogP contribution in [0.2, 0.25) is 0 Å². The molecule has 2 aliphatic heterocycles. The van der Waals surface area contributed by atoms with Crippen LogP contribution in [0.5, 0.6) is 0 Å². The van der Waals surface area contributed by atoms with Crippen LogP contribution in [0, 0.1) is 12.8 Å². The minimum atomic E-state index is -3.82. The number of amides is 1. The molecule has 0 saturated carbocycles. The highest BCUT2D eigenvalue weighted by Crippen LogP contribution is 2.39. The van der Waals surface area contributed by atoms with Crippen LogP contribution in [-0.4, -0.2) is 67.3 Å². The first-order chi connectivity index (χ1) is 17.1. The first-order valence-corrected chi connectivity index (χ1v) is 13.5. The van der Waals surface area contributed by atoms with Crippen LogP contribution in [0.15, 0.2) is 24.3 Å². The summed E-state index contributed by atoms with van der Waals surface area (Å²) >= 11 is 0. The number of hydrogen-bond acceptors (Lipinski definition) is 8. The molecule has 36 heavy (non-hydrogen) atoms.